The SMILES string of the molecule is CCCCCCCC(CCCC)OC(=O)CCCNC(=O)OC(C)(C)C. The molecule has 0 spiro atoms. The van der Waals surface area contributed by atoms with E-state index in [1.807, 2.05) is 20.8 Å². The molecular weight excluding hydrogens is 330 g/mol. The molecule has 154 valence electrons. The second kappa shape index (κ2) is 14.9. The van der Waals surface area contributed by atoms with Gasteiger partial charge in [-0.05, 0) is 46.5 Å². The maximum atomic E-state index is 12.1. The molecule has 0 bridgehead atoms. The van der Waals surface area contributed by atoms with Crippen LogP contribution >= 0.6 is 0 Å². The highest BCUT2D eigenvalue weighted by Gasteiger charge is 2.16. The first kappa shape index (κ1) is 24.7. The van der Waals surface area contributed by atoms with E-state index in [1.54, 1.807) is 0 Å². The fourth-order valence-corrected chi connectivity index (χ4v) is 2.65. The highest BCUT2D eigenvalue weighted by atomic mass is 16.6. The van der Waals surface area contributed by atoms with Gasteiger partial charge in [0.1, 0.15) is 11.7 Å². The Labute approximate surface area is 160 Å². The van der Waals surface area contributed by atoms with Gasteiger partial charge in [0.05, 0.1) is 0 Å². The lowest BCUT2D eigenvalue weighted by molar-refractivity contribution is -0.150. The number of alkyl carbamates (subject to hydrolysis) is 1. The lowest BCUT2D eigenvalue weighted by Crippen LogP contribution is -2.33. The monoisotopic (exact) mass is 371 g/mol. The molecule has 0 heterocycles. The molecule has 5 nitrogen and oxygen atoms in total. The van der Waals surface area contributed by atoms with Crippen molar-refractivity contribution in [2.24, 2.45) is 0 Å². The van der Waals surface area contributed by atoms with Crippen LogP contribution in [-0.4, -0.2) is 30.3 Å². The predicted molar refractivity (Wildman–Crippen MR) is 106 cm³/mol. The molecule has 26 heavy (non-hydrogen) atoms. The van der Waals surface area contributed by atoms with Crippen LogP contribution in [0.3, 0.4) is 0 Å². The molecule has 0 aliphatic carbocycles. The van der Waals surface area contributed by atoms with Crippen LogP contribution in [0.1, 0.15) is 105 Å². The Morgan fingerprint density at radius 1 is 0.885 bits per heavy atom. The van der Waals surface area contributed by atoms with E-state index in [9.17, 15) is 9.59 Å². The second-order valence-electron chi connectivity index (χ2n) is 7.99. The van der Waals surface area contributed by atoms with Gasteiger partial charge in [0.25, 0.3) is 0 Å². The second-order valence-corrected chi connectivity index (χ2v) is 7.99. The molecule has 1 unspecified atom stereocenters. The average molecular weight is 372 g/mol. The van der Waals surface area contributed by atoms with E-state index in [4.69, 9.17) is 9.47 Å². The van der Waals surface area contributed by atoms with Crippen LogP contribution in [0, 0.1) is 0 Å². The number of unbranched alkanes of at least 4 members (excludes halogenated alkanes) is 5. The number of carbonyl (C=O) groups is 2. The van der Waals surface area contributed by atoms with Crippen LogP contribution in [0.5, 0.6) is 0 Å². The molecule has 0 fully saturated rings. The molecule has 1 atom stereocenters. The first-order valence-corrected chi connectivity index (χ1v) is 10.4. The molecule has 0 aliphatic rings. The minimum absolute atomic E-state index is 0.0443. The van der Waals surface area contributed by atoms with Crippen LogP contribution in [0.25, 0.3) is 0 Å². The highest BCUT2D eigenvalue weighted by Crippen LogP contribution is 2.15. The number of hydrogen-bond acceptors (Lipinski definition) is 4. The molecule has 5 heteroatoms. The normalized spacial score (nSPS) is 12.5. The molecule has 0 radical (unpaired) electrons. The number of esters is 1. The van der Waals surface area contributed by atoms with Crippen molar-refractivity contribution in [1.82, 2.24) is 5.32 Å². The van der Waals surface area contributed by atoms with Crippen molar-refractivity contribution in [2.45, 2.75) is 117 Å². The first-order valence-electron chi connectivity index (χ1n) is 10.4. The summed E-state index contributed by atoms with van der Waals surface area (Å²) in [7, 11) is 0. The first-order chi connectivity index (χ1) is 12.3. The van der Waals surface area contributed by atoms with Gasteiger partial charge in [-0.2, -0.15) is 0 Å². The Morgan fingerprint density at radius 3 is 2.12 bits per heavy atom. The quantitative estimate of drug-likeness (QED) is 0.312. The van der Waals surface area contributed by atoms with Gasteiger partial charge in [0.15, 0.2) is 0 Å². The van der Waals surface area contributed by atoms with Gasteiger partial charge in [-0.3, -0.25) is 4.79 Å². The van der Waals surface area contributed by atoms with Crippen molar-refractivity contribution in [2.75, 3.05) is 6.54 Å². The van der Waals surface area contributed by atoms with Crippen molar-refractivity contribution in [1.29, 1.82) is 0 Å². The number of nitrogens with one attached hydrogen (secondary N) is 1. The van der Waals surface area contributed by atoms with E-state index < -0.39 is 11.7 Å². The summed E-state index contributed by atoms with van der Waals surface area (Å²) in [4.78, 5) is 23.6. The summed E-state index contributed by atoms with van der Waals surface area (Å²) in [5, 5.41) is 2.67. The van der Waals surface area contributed by atoms with Gasteiger partial charge in [0, 0.05) is 13.0 Å². The highest BCUT2D eigenvalue weighted by molar-refractivity contribution is 5.70. The Morgan fingerprint density at radius 2 is 1.50 bits per heavy atom. The van der Waals surface area contributed by atoms with Crippen LogP contribution in [-0.2, 0) is 14.3 Å². The summed E-state index contributed by atoms with van der Waals surface area (Å²) < 4.78 is 10.8. The summed E-state index contributed by atoms with van der Waals surface area (Å²) in [6.45, 7) is 10.3. The van der Waals surface area contributed by atoms with Gasteiger partial charge >= 0.3 is 12.1 Å². The molecule has 0 aliphatic heterocycles. The maximum Gasteiger partial charge on any atom is 0.407 e. The third kappa shape index (κ3) is 16.2. The molecule has 0 aromatic carbocycles. The molecule has 0 saturated carbocycles. The maximum absolute atomic E-state index is 12.1. The van der Waals surface area contributed by atoms with Crippen LogP contribution in [0.2, 0.25) is 0 Å². The van der Waals surface area contributed by atoms with Gasteiger partial charge in [0.2, 0.25) is 0 Å². The Balaban J connectivity index is 3.98. The molecule has 0 aromatic rings. The summed E-state index contributed by atoms with van der Waals surface area (Å²) >= 11 is 0. The summed E-state index contributed by atoms with van der Waals surface area (Å²) in [5.41, 5.74) is -0.507. The smallest absolute Gasteiger partial charge is 0.407 e. The number of amides is 1. The minimum atomic E-state index is -0.507. The predicted octanol–water partition coefficient (Wildman–Crippen LogP) is 5.75. The van der Waals surface area contributed by atoms with E-state index in [0.29, 0.717) is 19.4 Å². The van der Waals surface area contributed by atoms with E-state index in [1.165, 1.54) is 25.7 Å². The van der Waals surface area contributed by atoms with E-state index >= 15 is 0 Å². The third-order valence-corrected chi connectivity index (χ3v) is 4.03. The Kier molecular flexibility index (Phi) is 14.1. The molecule has 0 aromatic heterocycles. The summed E-state index contributed by atoms with van der Waals surface area (Å²) in [5.74, 6) is -0.161. The number of rotatable bonds is 14. The zero-order valence-electron chi connectivity index (χ0n) is 17.7. The van der Waals surface area contributed by atoms with E-state index in [2.05, 4.69) is 19.2 Å². The van der Waals surface area contributed by atoms with Crippen molar-refractivity contribution >= 4 is 12.1 Å². The molecule has 1 N–H and O–H groups in total. The van der Waals surface area contributed by atoms with Gasteiger partial charge in [-0.15, -0.1) is 0 Å². The van der Waals surface area contributed by atoms with E-state index in [0.717, 1.165) is 32.1 Å². The largest absolute Gasteiger partial charge is 0.462 e. The molecular formula is C21H41NO4. The summed E-state index contributed by atoms with van der Waals surface area (Å²) in [6, 6.07) is 0. The van der Waals surface area contributed by atoms with E-state index in [-0.39, 0.29) is 12.1 Å². The van der Waals surface area contributed by atoms with Gasteiger partial charge < -0.3 is 14.8 Å². The van der Waals surface area contributed by atoms with Crippen molar-refractivity contribution in [3.63, 3.8) is 0 Å². The fourth-order valence-electron chi connectivity index (χ4n) is 2.65. The number of carbonyl (C=O) groups excluding carboxylic acids is 2. The average Bonchev–Trinajstić information content (AvgIpc) is 2.54. The van der Waals surface area contributed by atoms with Crippen molar-refractivity contribution in [3.8, 4) is 0 Å². The fraction of sp³-hybridized carbons (Fsp3) is 0.905. The zero-order chi connectivity index (χ0) is 19.8. The van der Waals surface area contributed by atoms with Crippen molar-refractivity contribution in [3.05, 3.63) is 0 Å². The zero-order valence-corrected chi connectivity index (χ0v) is 17.7. The Hall–Kier alpha value is -1.26. The molecule has 0 rings (SSSR count). The number of ether oxygens (including phenoxy) is 2. The van der Waals surface area contributed by atoms with Gasteiger partial charge in [-0.1, -0.05) is 52.4 Å². The molecule has 1 amide bonds. The van der Waals surface area contributed by atoms with Crippen LogP contribution in [0.4, 0.5) is 4.79 Å². The lowest BCUT2D eigenvalue weighted by atomic mass is 10.0. The van der Waals surface area contributed by atoms with Crippen LogP contribution in [0.15, 0.2) is 0 Å². The Bertz CT molecular complexity index is 377. The standard InChI is InChI=1S/C21H41NO4/c1-6-8-10-11-12-15-18(14-9-7-2)25-19(23)16-13-17-22-20(24)26-21(3,4)5/h18H,6-17H2,1-5H3,(H,22,24). The third-order valence-electron chi connectivity index (χ3n) is 4.03. The minimum Gasteiger partial charge on any atom is -0.462 e. The van der Waals surface area contributed by atoms with Gasteiger partial charge in [-0.25, -0.2) is 4.79 Å². The van der Waals surface area contributed by atoms with Crippen LogP contribution < -0.4 is 5.32 Å². The van der Waals surface area contributed by atoms with Crippen molar-refractivity contribution < 1.29 is 19.1 Å². The molecule has 0 saturated heterocycles. The lowest BCUT2D eigenvalue weighted by Gasteiger charge is -2.20. The number of hydrogen-bond donors (Lipinski definition) is 1. The topological polar surface area (TPSA) is 64.6 Å². The summed E-state index contributed by atoms with van der Waals surface area (Å²) in [6.07, 6.45) is 10.7.